The summed E-state index contributed by atoms with van der Waals surface area (Å²) in [7, 11) is 0. The number of hydrogen-bond donors (Lipinski definition) is 1. The van der Waals surface area contributed by atoms with Crippen molar-refractivity contribution < 1.29 is 13.9 Å². The van der Waals surface area contributed by atoms with Crippen LogP contribution >= 0.6 is 0 Å². The standard InChI is InChI=1S/C11H18FNO2/c1-11(2,3)15-10(14)8-6-4-7(12)9(8)13-5-6/h6-9,13H,4-5H2,1-3H3/t6-,7-,8-,9-/m1/s1. The molecule has 1 aliphatic heterocycles. The minimum Gasteiger partial charge on any atom is -0.460 e. The largest absolute Gasteiger partial charge is 0.460 e. The van der Waals surface area contributed by atoms with Crippen molar-refractivity contribution in [2.45, 2.75) is 45.0 Å². The number of hydrogen-bond acceptors (Lipinski definition) is 3. The molecule has 0 aromatic carbocycles. The Bertz CT molecular complexity index is 274. The molecule has 2 fully saturated rings. The number of carbonyl (C=O) groups excluding carboxylic acids is 1. The van der Waals surface area contributed by atoms with Gasteiger partial charge in [-0.05, 0) is 39.7 Å². The Labute approximate surface area is 89.4 Å². The SMILES string of the molecule is CC(C)(C)OC(=O)[C@@H]1[C@H]2CN[C@@H]1[C@H](F)C2. The average Bonchev–Trinajstić information content (AvgIpc) is 2.55. The van der Waals surface area contributed by atoms with Crippen molar-refractivity contribution in [2.24, 2.45) is 11.8 Å². The van der Waals surface area contributed by atoms with Crippen molar-refractivity contribution in [1.82, 2.24) is 5.32 Å². The molecule has 1 aliphatic carbocycles. The molecule has 15 heavy (non-hydrogen) atoms. The Kier molecular flexibility index (Phi) is 2.49. The Morgan fingerprint density at radius 1 is 1.47 bits per heavy atom. The zero-order valence-corrected chi connectivity index (χ0v) is 9.42. The van der Waals surface area contributed by atoms with E-state index >= 15 is 0 Å². The number of fused-ring (bicyclic) bond motifs is 2. The lowest BCUT2D eigenvalue weighted by molar-refractivity contribution is -0.160. The van der Waals surface area contributed by atoms with E-state index in [2.05, 4.69) is 5.32 Å². The van der Waals surface area contributed by atoms with E-state index in [0.717, 1.165) is 6.54 Å². The Morgan fingerprint density at radius 2 is 2.13 bits per heavy atom. The van der Waals surface area contributed by atoms with Gasteiger partial charge in [0.05, 0.1) is 12.0 Å². The smallest absolute Gasteiger partial charge is 0.311 e. The van der Waals surface area contributed by atoms with E-state index in [1.807, 2.05) is 20.8 Å². The van der Waals surface area contributed by atoms with Gasteiger partial charge in [0.15, 0.2) is 0 Å². The lowest BCUT2D eigenvalue weighted by atomic mass is 9.98. The highest BCUT2D eigenvalue weighted by molar-refractivity contribution is 5.75. The summed E-state index contributed by atoms with van der Waals surface area (Å²) in [6.07, 6.45) is -0.386. The number of esters is 1. The van der Waals surface area contributed by atoms with Crippen molar-refractivity contribution >= 4 is 5.97 Å². The Balaban J connectivity index is 2.03. The summed E-state index contributed by atoms with van der Waals surface area (Å²) in [5.41, 5.74) is -0.481. The summed E-state index contributed by atoms with van der Waals surface area (Å²) in [5.74, 6) is -0.401. The van der Waals surface area contributed by atoms with Crippen LogP contribution in [0.4, 0.5) is 4.39 Å². The van der Waals surface area contributed by atoms with Gasteiger partial charge in [-0.25, -0.2) is 4.39 Å². The fraction of sp³-hybridized carbons (Fsp3) is 0.909. The molecule has 4 atom stereocenters. The van der Waals surface area contributed by atoms with Gasteiger partial charge in [0.25, 0.3) is 0 Å². The third kappa shape index (κ3) is 2.00. The van der Waals surface area contributed by atoms with Crippen LogP contribution in [0.3, 0.4) is 0 Å². The van der Waals surface area contributed by atoms with Gasteiger partial charge in [-0.15, -0.1) is 0 Å². The van der Waals surface area contributed by atoms with E-state index in [4.69, 9.17) is 4.74 Å². The minimum atomic E-state index is -0.888. The molecule has 1 saturated heterocycles. The maximum Gasteiger partial charge on any atom is 0.311 e. The van der Waals surface area contributed by atoms with Crippen molar-refractivity contribution in [2.75, 3.05) is 6.54 Å². The molecule has 0 spiro atoms. The second kappa shape index (κ2) is 3.44. The predicted octanol–water partition coefficient (Wildman–Crippen LogP) is 1.27. The van der Waals surface area contributed by atoms with Crippen LogP contribution in [0.2, 0.25) is 0 Å². The molecular weight excluding hydrogens is 197 g/mol. The van der Waals surface area contributed by atoms with E-state index in [0.29, 0.717) is 6.42 Å². The molecule has 0 unspecified atom stereocenters. The van der Waals surface area contributed by atoms with Gasteiger partial charge in [-0.1, -0.05) is 0 Å². The van der Waals surface area contributed by atoms with Crippen molar-refractivity contribution in [3.63, 3.8) is 0 Å². The van der Waals surface area contributed by atoms with Crippen LogP contribution in [0, 0.1) is 11.8 Å². The van der Waals surface area contributed by atoms with Crippen molar-refractivity contribution in [3.8, 4) is 0 Å². The quantitative estimate of drug-likeness (QED) is 0.669. The summed E-state index contributed by atoms with van der Waals surface area (Å²) >= 11 is 0. The normalized spacial score (nSPS) is 39.5. The topological polar surface area (TPSA) is 38.3 Å². The number of ether oxygens (including phenoxy) is 1. The van der Waals surface area contributed by atoms with E-state index in [1.165, 1.54) is 0 Å². The van der Waals surface area contributed by atoms with E-state index in [9.17, 15) is 9.18 Å². The van der Waals surface area contributed by atoms with Crippen LogP contribution in [0.15, 0.2) is 0 Å². The lowest BCUT2D eigenvalue weighted by Gasteiger charge is -2.23. The summed E-state index contributed by atoms with van der Waals surface area (Å²) in [4.78, 5) is 11.8. The molecule has 1 N–H and O–H groups in total. The Hall–Kier alpha value is -0.640. The van der Waals surface area contributed by atoms with Gasteiger partial charge in [0, 0.05) is 0 Å². The van der Waals surface area contributed by atoms with Crippen molar-refractivity contribution in [3.05, 3.63) is 0 Å². The molecule has 2 rings (SSSR count). The van der Waals surface area contributed by atoms with Crippen LogP contribution in [0.25, 0.3) is 0 Å². The highest BCUT2D eigenvalue weighted by atomic mass is 19.1. The summed E-state index contributed by atoms with van der Waals surface area (Å²) < 4.78 is 18.7. The summed E-state index contributed by atoms with van der Waals surface area (Å²) in [6.45, 7) is 6.25. The van der Waals surface area contributed by atoms with Crippen LogP contribution in [0.1, 0.15) is 27.2 Å². The van der Waals surface area contributed by atoms with Gasteiger partial charge < -0.3 is 10.1 Å². The molecule has 0 aromatic heterocycles. The zero-order chi connectivity index (χ0) is 11.2. The molecule has 1 saturated carbocycles. The average molecular weight is 215 g/mol. The Morgan fingerprint density at radius 3 is 2.53 bits per heavy atom. The predicted molar refractivity (Wildman–Crippen MR) is 54.1 cm³/mol. The maximum absolute atomic E-state index is 13.4. The van der Waals surface area contributed by atoms with Crippen LogP contribution in [-0.2, 0) is 9.53 Å². The van der Waals surface area contributed by atoms with Crippen LogP contribution in [0.5, 0.6) is 0 Å². The van der Waals surface area contributed by atoms with Gasteiger partial charge in [-0.3, -0.25) is 4.79 Å². The number of carbonyl (C=O) groups is 1. The fourth-order valence-electron chi connectivity index (χ4n) is 2.56. The first-order chi connectivity index (χ1) is 6.88. The molecule has 4 heteroatoms. The number of piperidine rings is 1. The van der Waals surface area contributed by atoms with Crippen LogP contribution < -0.4 is 5.32 Å². The fourth-order valence-corrected chi connectivity index (χ4v) is 2.56. The highest BCUT2D eigenvalue weighted by Gasteiger charge is 2.53. The number of alkyl halides is 1. The van der Waals surface area contributed by atoms with Gasteiger partial charge >= 0.3 is 5.97 Å². The first kappa shape index (κ1) is 10.9. The van der Waals surface area contributed by atoms with E-state index in [1.54, 1.807) is 0 Å². The van der Waals surface area contributed by atoms with Crippen LogP contribution in [-0.4, -0.2) is 30.3 Å². The lowest BCUT2D eigenvalue weighted by Crippen LogP contribution is -2.39. The number of nitrogens with one attached hydrogen (secondary N) is 1. The number of rotatable bonds is 1. The molecule has 2 aliphatic rings. The number of halogens is 1. The first-order valence-electron chi connectivity index (χ1n) is 5.49. The molecular formula is C11H18FNO2. The summed E-state index contributed by atoms with van der Waals surface area (Å²) in [6, 6.07) is -0.315. The molecule has 1 heterocycles. The van der Waals surface area contributed by atoms with Gasteiger partial charge in [0.2, 0.25) is 0 Å². The molecule has 86 valence electrons. The van der Waals surface area contributed by atoms with Gasteiger partial charge in [-0.2, -0.15) is 0 Å². The third-order valence-electron chi connectivity index (χ3n) is 3.11. The van der Waals surface area contributed by atoms with Gasteiger partial charge in [0.1, 0.15) is 11.8 Å². The zero-order valence-electron chi connectivity index (χ0n) is 9.42. The minimum absolute atomic E-state index is 0.125. The molecule has 0 aromatic rings. The molecule has 2 bridgehead atoms. The van der Waals surface area contributed by atoms with E-state index in [-0.39, 0.29) is 23.8 Å². The molecule has 0 radical (unpaired) electrons. The maximum atomic E-state index is 13.4. The van der Waals surface area contributed by atoms with E-state index < -0.39 is 11.8 Å². The van der Waals surface area contributed by atoms with Crippen molar-refractivity contribution in [1.29, 1.82) is 0 Å². The second-order valence-corrected chi connectivity index (χ2v) is 5.51. The summed E-state index contributed by atoms with van der Waals surface area (Å²) in [5, 5.41) is 3.05. The third-order valence-corrected chi connectivity index (χ3v) is 3.11. The molecule has 3 nitrogen and oxygen atoms in total. The molecule has 0 amide bonds. The second-order valence-electron chi connectivity index (χ2n) is 5.51. The highest BCUT2D eigenvalue weighted by Crippen LogP contribution is 2.40. The first-order valence-corrected chi connectivity index (χ1v) is 5.49. The monoisotopic (exact) mass is 215 g/mol.